The largest absolute Gasteiger partial charge is 0.328 e. The second-order valence-electron chi connectivity index (χ2n) is 7.09. The van der Waals surface area contributed by atoms with E-state index in [4.69, 9.17) is 0 Å². The molecule has 19 heavy (non-hydrogen) atoms. The van der Waals surface area contributed by atoms with Gasteiger partial charge in [0.25, 0.3) is 0 Å². The fourth-order valence-electron chi connectivity index (χ4n) is 3.33. The summed E-state index contributed by atoms with van der Waals surface area (Å²) in [6, 6.07) is 11.7. The molecule has 2 unspecified atom stereocenters. The molecule has 0 radical (unpaired) electrons. The van der Waals surface area contributed by atoms with Crippen LogP contribution in [-0.2, 0) is 0 Å². The summed E-state index contributed by atoms with van der Waals surface area (Å²) < 4.78 is 1.21. The number of rotatable bonds is 4. The number of nitrogens with zero attached hydrogens (tertiary/aromatic N) is 1. The monoisotopic (exact) mass is 259 g/mol. The zero-order valence-corrected chi connectivity index (χ0v) is 12.3. The highest BCUT2D eigenvalue weighted by Gasteiger charge is 2.38. The average Bonchev–Trinajstić information content (AvgIpc) is 3.18. The van der Waals surface area contributed by atoms with E-state index < -0.39 is 0 Å². The van der Waals surface area contributed by atoms with E-state index >= 15 is 0 Å². The number of nitrogens with one attached hydrogen (secondary N) is 1. The van der Waals surface area contributed by atoms with Gasteiger partial charge < -0.3 is 9.80 Å². The molecule has 0 amide bonds. The highest BCUT2D eigenvalue weighted by atomic mass is 15.3. The van der Waals surface area contributed by atoms with E-state index in [-0.39, 0.29) is 0 Å². The third-order valence-electron chi connectivity index (χ3n) is 4.97. The van der Waals surface area contributed by atoms with Crippen LogP contribution in [0.15, 0.2) is 30.3 Å². The standard InChI is InChI=1S/C17H27N2/c1-19(2)10-8-14(9-11-19)13-18-17-12-16(17)15-6-4-3-5-7-15/h3-7,14,16-18H,8-13H2,1-2H3/q+1. The van der Waals surface area contributed by atoms with Gasteiger partial charge in [-0.1, -0.05) is 30.3 Å². The Morgan fingerprint density at radius 2 is 1.79 bits per heavy atom. The molecule has 3 rings (SSSR count). The molecule has 1 saturated heterocycles. The van der Waals surface area contributed by atoms with Crippen LogP contribution in [0.5, 0.6) is 0 Å². The fraction of sp³-hybridized carbons (Fsp3) is 0.647. The summed E-state index contributed by atoms with van der Waals surface area (Å²) in [7, 11) is 4.71. The first-order valence-electron chi connectivity index (χ1n) is 7.74. The van der Waals surface area contributed by atoms with Gasteiger partial charge in [-0.3, -0.25) is 0 Å². The van der Waals surface area contributed by atoms with E-state index in [0.29, 0.717) is 0 Å². The number of quaternary nitrogens is 1. The molecule has 104 valence electrons. The van der Waals surface area contributed by atoms with E-state index in [9.17, 15) is 0 Å². The van der Waals surface area contributed by atoms with Gasteiger partial charge in [-0.05, 0) is 24.4 Å². The van der Waals surface area contributed by atoms with Gasteiger partial charge in [-0.15, -0.1) is 0 Å². The van der Waals surface area contributed by atoms with E-state index in [1.54, 1.807) is 0 Å². The maximum absolute atomic E-state index is 3.80. The Morgan fingerprint density at radius 3 is 2.47 bits per heavy atom. The van der Waals surface area contributed by atoms with Crippen LogP contribution in [0.1, 0.15) is 30.7 Å². The van der Waals surface area contributed by atoms with Gasteiger partial charge in [0.15, 0.2) is 0 Å². The molecular formula is C17H27N2+. The number of benzene rings is 1. The quantitative estimate of drug-likeness (QED) is 0.820. The Morgan fingerprint density at radius 1 is 1.11 bits per heavy atom. The van der Waals surface area contributed by atoms with Gasteiger partial charge >= 0.3 is 0 Å². The zero-order valence-electron chi connectivity index (χ0n) is 12.3. The van der Waals surface area contributed by atoms with Crippen molar-refractivity contribution in [3.05, 3.63) is 35.9 Å². The third kappa shape index (κ3) is 3.37. The van der Waals surface area contributed by atoms with Crippen molar-refractivity contribution in [1.29, 1.82) is 0 Å². The van der Waals surface area contributed by atoms with Crippen molar-refractivity contribution in [2.45, 2.75) is 31.2 Å². The minimum absolute atomic E-state index is 0.742. The van der Waals surface area contributed by atoms with E-state index in [2.05, 4.69) is 49.7 Å². The molecule has 0 spiro atoms. The average molecular weight is 259 g/mol. The molecule has 1 saturated carbocycles. The predicted molar refractivity (Wildman–Crippen MR) is 80.2 cm³/mol. The first-order chi connectivity index (χ1) is 9.14. The summed E-state index contributed by atoms with van der Waals surface area (Å²) in [4.78, 5) is 0. The lowest BCUT2D eigenvalue weighted by Crippen LogP contribution is -2.47. The van der Waals surface area contributed by atoms with Crippen LogP contribution in [0.2, 0.25) is 0 Å². The van der Waals surface area contributed by atoms with Gasteiger partial charge in [0.2, 0.25) is 0 Å². The molecule has 0 aromatic heterocycles. The van der Waals surface area contributed by atoms with Crippen molar-refractivity contribution in [2.24, 2.45) is 5.92 Å². The first-order valence-corrected chi connectivity index (χ1v) is 7.74. The van der Waals surface area contributed by atoms with Crippen LogP contribution in [0.3, 0.4) is 0 Å². The minimum Gasteiger partial charge on any atom is -0.328 e. The highest BCUT2D eigenvalue weighted by molar-refractivity contribution is 5.27. The summed E-state index contributed by atoms with van der Waals surface area (Å²) in [6.07, 6.45) is 4.11. The fourth-order valence-corrected chi connectivity index (χ4v) is 3.33. The Bertz CT molecular complexity index is 403. The van der Waals surface area contributed by atoms with Crippen molar-refractivity contribution in [3.8, 4) is 0 Å². The van der Waals surface area contributed by atoms with Crippen molar-refractivity contribution in [2.75, 3.05) is 33.7 Å². The second-order valence-corrected chi connectivity index (χ2v) is 7.09. The lowest BCUT2D eigenvalue weighted by molar-refractivity contribution is -0.896. The SMILES string of the molecule is C[N+]1(C)CCC(CNC2CC2c2ccccc2)CC1. The Labute approximate surface area is 117 Å². The number of piperidine rings is 1. The van der Waals surface area contributed by atoms with Gasteiger partial charge in [0.1, 0.15) is 0 Å². The van der Waals surface area contributed by atoms with Crippen molar-refractivity contribution in [1.82, 2.24) is 5.32 Å². The predicted octanol–water partition coefficient (Wildman–Crippen LogP) is 2.62. The van der Waals surface area contributed by atoms with Crippen LogP contribution in [0.25, 0.3) is 0 Å². The normalized spacial score (nSPS) is 30.2. The van der Waals surface area contributed by atoms with E-state index in [1.807, 2.05) is 0 Å². The first kappa shape index (κ1) is 13.1. The molecule has 1 aromatic rings. The lowest BCUT2D eigenvalue weighted by Gasteiger charge is -2.37. The minimum atomic E-state index is 0.742. The summed E-state index contributed by atoms with van der Waals surface area (Å²) in [5.74, 6) is 1.68. The number of hydrogen-bond acceptors (Lipinski definition) is 1. The molecule has 1 aliphatic carbocycles. The second kappa shape index (κ2) is 5.26. The smallest absolute Gasteiger partial charge is 0.0785 e. The van der Waals surface area contributed by atoms with Crippen molar-refractivity contribution in [3.63, 3.8) is 0 Å². The van der Waals surface area contributed by atoms with Crippen molar-refractivity contribution >= 4 is 0 Å². The molecule has 2 atom stereocenters. The van der Waals surface area contributed by atoms with Gasteiger partial charge in [-0.2, -0.15) is 0 Å². The Balaban J connectivity index is 1.41. The van der Waals surface area contributed by atoms with Crippen molar-refractivity contribution < 1.29 is 4.48 Å². The van der Waals surface area contributed by atoms with Gasteiger partial charge in [0, 0.05) is 24.8 Å². The Hall–Kier alpha value is -0.860. The molecule has 1 aromatic carbocycles. The van der Waals surface area contributed by atoms with Crippen LogP contribution >= 0.6 is 0 Å². The molecule has 1 heterocycles. The van der Waals surface area contributed by atoms with Gasteiger partial charge in [-0.25, -0.2) is 0 Å². The van der Waals surface area contributed by atoms with Crippen LogP contribution < -0.4 is 5.32 Å². The Kier molecular flexibility index (Phi) is 3.64. The van der Waals surface area contributed by atoms with Crippen LogP contribution in [0, 0.1) is 5.92 Å². The summed E-state index contributed by atoms with van der Waals surface area (Å²) in [5, 5.41) is 3.80. The van der Waals surface area contributed by atoms with Crippen LogP contribution in [0.4, 0.5) is 0 Å². The molecule has 0 bridgehead atoms. The third-order valence-corrected chi connectivity index (χ3v) is 4.97. The van der Waals surface area contributed by atoms with E-state index in [0.717, 1.165) is 17.9 Å². The topological polar surface area (TPSA) is 12.0 Å². The molecule has 2 fully saturated rings. The summed E-state index contributed by atoms with van der Waals surface area (Å²) >= 11 is 0. The molecule has 2 nitrogen and oxygen atoms in total. The van der Waals surface area contributed by atoms with E-state index in [1.165, 1.54) is 48.9 Å². The summed E-state index contributed by atoms with van der Waals surface area (Å²) in [6.45, 7) is 3.92. The molecule has 1 N–H and O–H groups in total. The number of hydrogen-bond donors (Lipinski definition) is 1. The molecule has 2 aliphatic rings. The summed E-state index contributed by atoms with van der Waals surface area (Å²) in [5.41, 5.74) is 1.52. The number of likely N-dealkylation sites (tertiary alicyclic amines) is 1. The maximum Gasteiger partial charge on any atom is 0.0785 e. The molecular weight excluding hydrogens is 232 g/mol. The maximum atomic E-state index is 3.80. The van der Waals surface area contributed by atoms with Gasteiger partial charge in [0.05, 0.1) is 27.2 Å². The zero-order chi connectivity index (χ0) is 13.3. The molecule has 2 heteroatoms. The van der Waals surface area contributed by atoms with Crippen LogP contribution in [-0.4, -0.2) is 44.3 Å². The lowest BCUT2D eigenvalue weighted by atomic mass is 9.96. The highest BCUT2D eigenvalue weighted by Crippen LogP contribution is 2.40. The molecule has 1 aliphatic heterocycles.